The summed E-state index contributed by atoms with van der Waals surface area (Å²) in [6.45, 7) is 3.70. The lowest BCUT2D eigenvalue weighted by atomic mass is 10.1. The fourth-order valence-electron chi connectivity index (χ4n) is 1.25. The van der Waals surface area contributed by atoms with E-state index in [0.717, 1.165) is 5.56 Å². The molecule has 1 rings (SSSR count). The molecular weight excluding hydrogens is 193 g/mol. The van der Waals surface area contributed by atoms with Crippen molar-refractivity contribution in [3.63, 3.8) is 0 Å². The largest absolute Gasteiger partial charge is 0.488 e. The molecule has 1 aromatic carbocycles. The lowest BCUT2D eigenvalue weighted by molar-refractivity contribution is 0.231. The van der Waals surface area contributed by atoms with Gasteiger partial charge in [0.2, 0.25) is 0 Å². The summed E-state index contributed by atoms with van der Waals surface area (Å²) in [5.74, 6) is -0.0927. The second kappa shape index (κ2) is 5.35. The van der Waals surface area contributed by atoms with Crippen LogP contribution in [0.5, 0.6) is 5.75 Å². The highest BCUT2D eigenvalue weighted by atomic mass is 19.1. The van der Waals surface area contributed by atoms with Crippen molar-refractivity contribution in [1.29, 1.82) is 5.26 Å². The number of nitrogens with zero attached hydrogens (tertiary/aromatic N) is 1. The molecule has 0 heterocycles. The monoisotopic (exact) mass is 207 g/mol. The number of nitriles is 1. The summed E-state index contributed by atoms with van der Waals surface area (Å²) in [7, 11) is 0. The highest BCUT2D eigenvalue weighted by molar-refractivity contribution is 5.29. The Balaban J connectivity index is 2.75. The minimum absolute atomic E-state index is 0.0375. The SMILES string of the molecule is CC(C)Oc1ccc(CCC#N)cc1F. The van der Waals surface area contributed by atoms with E-state index < -0.39 is 0 Å². The van der Waals surface area contributed by atoms with Crippen molar-refractivity contribution in [2.45, 2.75) is 32.8 Å². The lowest BCUT2D eigenvalue weighted by Gasteiger charge is -2.11. The standard InChI is InChI=1S/C12H14FNO/c1-9(2)15-12-6-5-10(4-3-7-14)8-11(12)13/h5-6,8-9H,3-4H2,1-2H3. The van der Waals surface area contributed by atoms with Gasteiger partial charge in [-0.25, -0.2) is 4.39 Å². The molecule has 0 fully saturated rings. The van der Waals surface area contributed by atoms with Gasteiger partial charge in [0.1, 0.15) is 0 Å². The highest BCUT2D eigenvalue weighted by Gasteiger charge is 2.06. The molecule has 0 radical (unpaired) electrons. The molecule has 0 spiro atoms. The van der Waals surface area contributed by atoms with Gasteiger partial charge in [0.05, 0.1) is 12.2 Å². The molecule has 0 saturated carbocycles. The van der Waals surface area contributed by atoms with E-state index >= 15 is 0 Å². The molecule has 0 aliphatic carbocycles. The number of rotatable bonds is 4. The normalized spacial score (nSPS) is 10.1. The summed E-state index contributed by atoms with van der Waals surface area (Å²) < 4.78 is 18.7. The Kier molecular flexibility index (Phi) is 4.11. The quantitative estimate of drug-likeness (QED) is 0.760. The van der Waals surface area contributed by atoms with E-state index in [1.807, 2.05) is 19.9 Å². The van der Waals surface area contributed by atoms with Crippen molar-refractivity contribution < 1.29 is 9.13 Å². The number of halogens is 1. The predicted molar refractivity (Wildman–Crippen MR) is 56.1 cm³/mol. The zero-order chi connectivity index (χ0) is 11.3. The number of aryl methyl sites for hydroxylation is 1. The second-order valence-electron chi connectivity index (χ2n) is 3.59. The van der Waals surface area contributed by atoms with Gasteiger partial charge in [0.25, 0.3) is 0 Å². The zero-order valence-electron chi connectivity index (χ0n) is 8.96. The van der Waals surface area contributed by atoms with Gasteiger partial charge in [-0.3, -0.25) is 0 Å². The highest BCUT2D eigenvalue weighted by Crippen LogP contribution is 2.20. The molecule has 15 heavy (non-hydrogen) atoms. The van der Waals surface area contributed by atoms with E-state index in [0.29, 0.717) is 12.8 Å². The van der Waals surface area contributed by atoms with Crippen molar-refractivity contribution in [1.82, 2.24) is 0 Å². The molecule has 1 aromatic rings. The Morgan fingerprint density at radius 1 is 1.47 bits per heavy atom. The lowest BCUT2D eigenvalue weighted by Crippen LogP contribution is -2.07. The number of benzene rings is 1. The van der Waals surface area contributed by atoms with Gasteiger partial charge < -0.3 is 4.74 Å². The Morgan fingerprint density at radius 3 is 2.73 bits per heavy atom. The van der Waals surface area contributed by atoms with Crippen molar-refractivity contribution in [3.05, 3.63) is 29.6 Å². The van der Waals surface area contributed by atoms with Gasteiger partial charge in [0.15, 0.2) is 11.6 Å². The molecule has 0 aromatic heterocycles. The first-order valence-electron chi connectivity index (χ1n) is 4.95. The smallest absolute Gasteiger partial charge is 0.165 e. The first-order valence-corrected chi connectivity index (χ1v) is 4.95. The number of hydrogen-bond donors (Lipinski definition) is 0. The van der Waals surface area contributed by atoms with Crippen LogP contribution in [0, 0.1) is 17.1 Å². The minimum Gasteiger partial charge on any atom is -0.488 e. The molecular formula is C12H14FNO. The molecule has 0 aliphatic rings. The van der Waals surface area contributed by atoms with Crippen molar-refractivity contribution in [2.24, 2.45) is 0 Å². The van der Waals surface area contributed by atoms with Crippen molar-refractivity contribution in [2.75, 3.05) is 0 Å². The van der Waals surface area contributed by atoms with E-state index in [-0.39, 0.29) is 17.7 Å². The second-order valence-corrected chi connectivity index (χ2v) is 3.59. The zero-order valence-corrected chi connectivity index (χ0v) is 8.96. The summed E-state index contributed by atoms with van der Waals surface area (Å²) >= 11 is 0. The molecule has 80 valence electrons. The van der Waals surface area contributed by atoms with Crippen molar-refractivity contribution >= 4 is 0 Å². The molecule has 0 aliphatic heterocycles. The summed E-state index contributed by atoms with van der Waals surface area (Å²) in [5.41, 5.74) is 0.824. The van der Waals surface area contributed by atoms with E-state index in [2.05, 4.69) is 0 Å². The predicted octanol–water partition coefficient (Wildman–Crippen LogP) is 3.07. The Labute approximate surface area is 89.3 Å². The van der Waals surface area contributed by atoms with Gasteiger partial charge in [0, 0.05) is 6.42 Å². The third kappa shape index (κ3) is 3.59. The molecule has 0 N–H and O–H groups in total. The van der Waals surface area contributed by atoms with Crippen LogP contribution < -0.4 is 4.74 Å². The average molecular weight is 207 g/mol. The molecule has 0 atom stereocenters. The maximum absolute atomic E-state index is 13.4. The number of hydrogen-bond acceptors (Lipinski definition) is 2. The van der Waals surface area contributed by atoms with E-state index in [4.69, 9.17) is 10.00 Å². The van der Waals surface area contributed by atoms with Gasteiger partial charge in [-0.05, 0) is 38.0 Å². The Morgan fingerprint density at radius 2 is 2.20 bits per heavy atom. The average Bonchev–Trinajstić information content (AvgIpc) is 2.18. The molecule has 0 unspecified atom stereocenters. The third-order valence-electron chi connectivity index (χ3n) is 1.88. The molecule has 0 saturated heterocycles. The summed E-state index contributed by atoms with van der Waals surface area (Å²) in [4.78, 5) is 0. The van der Waals surface area contributed by atoms with Crippen LogP contribution in [0.4, 0.5) is 4.39 Å². The van der Waals surface area contributed by atoms with E-state index in [1.165, 1.54) is 6.07 Å². The topological polar surface area (TPSA) is 33.0 Å². The van der Waals surface area contributed by atoms with Gasteiger partial charge >= 0.3 is 0 Å². The van der Waals surface area contributed by atoms with Crippen LogP contribution >= 0.6 is 0 Å². The van der Waals surface area contributed by atoms with E-state index in [1.54, 1.807) is 12.1 Å². The molecule has 0 amide bonds. The van der Waals surface area contributed by atoms with E-state index in [9.17, 15) is 4.39 Å². The fraction of sp³-hybridized carbons (Fsp3) is 0.417. The summed E-state index contributed by atoms with van der Waals surface area (Å²) in [5, 5.41) is 8.40. The fourth-order valence-corrected chi connectivity index (χ4v) is 1.25. The minimum atomic E-state index is -0.362. The first kappa shape index (κ1) is 11.5. The maximum atomic E-state index is 13.4. The van der Waals surface area contributed by atoms with Crippen LogP contribution in [0.1, 0.15) is 25.8 Å². The maximum Gasteiger partial charge on any atom is 0.165 e. The van der Waals surface area contributed by atoms with Crippen LogP contribution in [0.2, 0.25) is 0 Å². The first-order chi connectivity index (χ1) is 7.13. The summed E-state index contributed by atoms with van der Waals surface area (Å²) in [6, 6.07) is 6.86. The van der Waals surface area contributed by atoms with Gasteiger partial charge in [-0.15, -0.1) is 0 Å². The molecule has 2 nitrogen and oxygen atoms in total. The van der Waals surface area contributed by atoms with Crippen LogP contribution in [0.3, 0.4) is 0 Å². The van der Waals surface area contributed by atoms with Crippen LogP contribution in [-0.2, 0) is 6.42 Å². The van der Waals surface area contributed by atoms with Crippen molar-refractivity contribution in [3.8, 4) is 11.8 Å². The molecule has 0 bridgehead atoms. The Bertz CT molecular complexity index is 368. The van der Waals surface area contributed by atoms with Gasteiger partial charge in [-0.1, -0.05) is 6.07 Å². The van der Waals surface area contributed by atoms with Crippen LogP contribution in [0.15, 0.2) is 18.2 Å². The Hall–Kier alpha value is -1.56. The van der Waals surface area contributed by atoms with Gasteiger partial charge in [-0.2, -0.15) is 5.26 Å². The third-order valence-corrected chi connectivity index (χ3v) is 1.88. The van der Waals surface area contributed by atoms with Crippen LogP contribution in [0.25, 0.3) is 0 Å². The number of ether oxygens (including phenoxy) is 1. The molecule has 3 heteroatoms. The van der Waals surface area contributed by atoms with Crippen LogP contribution in [-0.4, -0.2) is 6.10 Å². The summed E-state index contributed by atoms with van der Waals surface area (Å²) in [6.07, 6.45) is 0.948.